The maximum absolute atomic E-state index is 6.31. The molecule has 3 heteroatoms. The fourth-order valence-corrected chi connectivity index (χ4v) is 2.13. The first-order valence-electron chi connectivity index (χ1n) is 7.09. The molecule has 3 nitrogen and oxygen atoms in total. The molecule has 0 heterocycles. The number of benzene rings is 1. The van der Waals surface area contributed by atoms with Crippen molar-refractivity contribution in [2.45, 2.75) is 52.9 Å². The summed E-state index contributed by atoms with van der Waals surface area (Å²) in [4.78, 5) is 0. The van der Waals surface area contributed by atoms with Crippen LogP contribution in [0.2, 0.25) is 0 Å². The quantitative estimate of drug-likeness (QED) is 0.820. The average Bonchev–Trinajstić information content (AvgIpc) is 2.35. The number of rotatable bonds is 7. The van der Waals surface area contributed by atoms with E-state index in [4.69, 9.17) is 15.2 Å². The molecule has 0 bridgehead atoms. The Bertz CT molecular complexity index is 360. The molecule has 1 aromatic rings. The Kier molecular flexibility index (Phi) is 6.32. The van der Waals surface area contributed by atoms with E-state index in [9.17, 15) is 0 Å². The molecule has 0 saturated carbocycles. The molecule has 108 valence electrons. The van der Waals surface area contributed by atoms with Gasteiger partial charge in [-0.2, -0.15) is 0 Å². The Morgan fingerprint density at radius 1 is 1.05 bits per heavy atom. The molecule has 0 fully saturated rings. The lowest BCUT2D eigenvalue weighted by Crippen LogP contribution is -2.33. The Morgan fingerprint density at radius 3 is 2.05 bits per heavy atom. The van der Waals surface area contributed by atoms with Crippen molar-refractivity contribution in [1.29, 1.82) is 0 Å². The summed E-state index contributed by atoms with van der Waals surface area (Å²) >= 11 is 0. The van der Waals surface area contributed by atoms with Crippen molar-refractivity contribution >= 4 is 0 Å². The van der Waals surface area contributed by atoms with Gasteiger partial charge in [-0.25, -0.2) is 0 Å². The highest BCUT2D eigenvalue weighted by Crippen LogP contribution is 2.24. The summed E-state index contributed by atoms with van der Waals surface area (Å²) < 4.78 is 11.4. The minimum atomic E-state index is -0.104. The van der Waals surface area contributed by atoms with Crippen LogP contribution in [0.4, 0.5) is 0 Å². The molecular formula is C16H27NO2. The fourth-order valence-electron chi connectivity index (χ4n) is 2.13. The van der Waals surface area contributed by atoms with Crippen LogP contribution < -0.4 is 10.5 Å². The first-order valence-corrected chi connectivity index (χ1v) is 7.09. The summed E-state index contributed by atoms with van der Waals surface area (Å²) in [5.74, 6) is 1.27. The van der Waals surface area contributed by atoms with Crippen LogP contribution in [-0.4, -0.2) is 18.8 Å². The average molecular weight is 265 g/mol. The van der Waals surface area contributed by atoms with Gasteiger partial charge < -0.3 is 15.2 Å². The topological polar surface area (TPSA) is 44.5 Å². The third kappa shape index (κ3) is 4.84. The predicted octanol–water partition coefficient (Wildman–Crippen LogP) is 3.53. The molecule has 19 heavy (non-hydrogen) atoms. The second-order valence-corrected chi connectivity index (χ2v) is 5.43. The van der Waals surface area contributed by atoms with E-state index in [-0.39, 0.29) is 18.2 Å². The molecule has 2 unspecified atom stereocenters. The molecule has 0 radical (unpaired) electrons. The van der Waals surface area contributed by atoms with Gasteiger partial charge in [0.15, 0.2) is 0 Å². The summed E-state index contributed by atoms with van der Waals surface area (Å²) in [6, 6.07) is 7.89. The number of hydrogen-bond acceptors (Lipinski definition) is 3. The van der Waals surface area contributed by atoms with Gasteiger partial charge in [-0.3, -0.25) is 0 Å². The van der Waals surface area contributed by atoms with Crippen LogP contribution in [0, 0.1) is 5.92 Å². The van der Waals surface area contributed by atoms with Crippen LogP contribution in [0.5, 0.6) is 5.75 Å². The lowest BCUT2D eigenvalue weighted by Gasteiger charge is -2.27. The summed E-state index contributed by atoms with van der Waals surface area (Å²) in [6.45, 7) is 11.0. The zero-order valence-corrected chi connectivity index (χ0v) is 12.7. The summed E-state index contributed by atoms with van der Waals surface area (Å²) in [7, 11) is 0. The van der Waals surface area contributed by atoms with Crippen LogP contribution in [0.15, 0.2) is 24.3 Å². The molecule has 0 aliphatic heterocycles. The summed E-state index contributed by atoms with van der Waals surface area (Å²) in [6.07, 6.45) is 0.230. The van der Waals surface area contributed by atoms with Gasteiger partial charge in [0, 0.05) is 6.61 Å². The number of ether oxygens (including phenoxy) is 2. The van der Waals surface area contributed by atoms with Gasteiger partial charge in [0.1, 0.15) is 5.75 Å². The molecule has 1 rings (SSSR count). The Morgan fingerprint density at radius 2 is 1.63 bits per heavy atom. The van der Waals surface area contributed by atoms with Gasteiger partial charge in [-0.05, 0) is 44.4 Å². The summed E-state index contributed by atoms with van der Waals surface area (Å²) in [5.41, 5.74) is 7.40. The lowest BCUT2D eigenvalue weighted by molar-refractivity contribution is 0.0121. The Balaban J connectivity index is 2.78. The molecule has 1 aromatic carbocycles. The van der Waals surface area contributed by atoms with Crippen molar-refractivity contribution in [3.8, 4) is 5.75 Å². The van der Waals surface area contributed by atoms with Crippen molar-refractivity contribution in [3.63, 3.8) is 0 Å². The monoisotopic (exact) mass is 265 g/mol. The minimum absolute atomic E-state index is 0.0434. The second kappa shape index (κ2) is 7.51. The third-order valence-electron chi connectivity index (χ3n) is 3.01. The van der Waals surface area contributed by atoms with Gasteiger partial charge in [-0.15, -0.1) is 0 Å². The van der Waals surface area contributed by atoms with E-state index in [0.29, 0.717) is 12.5 Å². The molecule has 0 saturated heterocycles. The SMILES string of the molecule is CCOC(C(C)C)C(N)c1ccc(OC(C)C)cc1. The smallest absolute Gasteiger partial charge is 0.119 e. The molecule has 2 N–H and O–H groups in total. The highest BCUT2D eigenvalue weighted by Gasteiger charge is 2.23. The van der Waals surface area contributed by atoms with E-state index in [1.807, 2.05) is 45.0 Å². The second-order valence-electron chi connectivity index (χ2n) is 5.43. The van der Waals surface area contributed by atoms with E-state index in [1.54, 1.807) is 0 Å². The lowest BCUT2D eigenvalue weighted by atomic mass is 9.94. The van der Waals surface area contributed by atoms with Crippen LogP contribution in [0.3, 0.4) is 0 Å². The number of hydrogen-bond donors (Lipinski definition) is 1. The molecule has 0 aromatic heterocycles. The minimum Gasteiger partial charge on any atom is -0.491 e. The van der Waals surface area contributed by atoms with Crippen LogP contribution in [0.1, 0.15) is 46.2 Å². The third-order valence-corrected chi connectivity index (χ3v) is 3.01. The number of nitrogens with two attached hydrogens (primary N) is 1. The molecule has 0 aliphatic carbocycles. The Labute approximate surface area is 117 Å². The van der Waals surface area contributed by atoms with E-state index in [1.165, 1.54) is 0 Å². The normalized spacial score (nSPS) is 14.7. The van der Waals surface area contributed by atoms with Crippen molar-refractivity contribution < 1.29 is 9.47 Å². The zero-order chi connectivity index (χ0) is 14.4. The maximum Gasteiger partial charge on any atom is 0.119 e. The van der Waals surface area contributed by atoms with Gasteiger partial charge in [-0.1, -0.05) is 26.0 Å². The molecule has 0 spiro atoms. The molecule has 0 aliphatic rings. The van der Waals surface area contributed by atoms with Crippen LogP contribution in [0.25, 0.3) is 0 Å². The van der Waals surface area contributed by atoms with Crippen LogP contribution in [-0.2, 0) is 4.74 Å². The van der Waals surface area contributed by atoms with Crippen molar-refractivity contribution in [2.24, 2.45) is 11.7 Å². The summed E-state index contributed by atoms with van der Waals surface area (Å²) in [5, 5.41) is 0. The van der Waals surface area contributed by atoms with Crippen LogP contribution >= 0.6 is 0 Å². The van der Waals surface area contributed by atoms with E-state index in [0.717, 1.165) is 11.3 Å². The van der Waals surface area contributed by atoms with E-state index >= 15 is 0 Å². The molecule has 2 atom stereocenters. The van der Waals surface area contributed by atoms with E-state index in [2.05, 4.69) is 13.8 Å². The van der Waals surface area contributed by atoms with Crippen molar-refractivity contribution in [1.82, 2.24) is 0 Å². The van der Waals surface area contributed by atoms with Gasteiger partial charge >= 0.3 is 0 Å². The largest absolute Gasteiger partial charge is 0.491 e. The van der Waals surface area contributed by atoms with Gasteiger partial charge in [0.05, 0.1) is 18.2 Å². The zero-order valence-electron chi connectivity index (χ0n) is 12.7. The predicted molar refractivity (Wildman–Crippen MR) is 79.4 cm³/mol. The first-order chi connectivity index (χ1) is 8.95. The first kappa shape index (κ1) is 16.0. The maximum atomic E-state index is 6.31. The van der Waals surface area contributed by atoms with Crippen molar-refractivity contribution in [2.75, 3.05) is 6.61 Å². The van der Waals surface area contributed by atoms with Crippen molar-refractivity contribution in [3.05, 3.63) is 29.8 Å². The highest BCUT2D eigenvalue weighted by atomic mass is 16.5. The molecule has 0 amide bonds. The highest BCUT2D eigenvalue weighted by molar-refractivity contribution is 5.29. The Hall–Kier alpha value is -1.06. The van der Waals surface area contributed by atoms with Gasteiger partial charge in [0.2, 0.25) is 0 Å². The standard InChI is InChI=1S/C16H27NO2/c1-6-18-16(11(2)3)15(17)13-7-9-14(10-8-13)19-12(4)5/h7-12,15-16H,6,17H2,1-5H3. The van der Waals surface area contributed by atoms with Gasteiger partial charge in [0.25, 0.3) is 0 Å². The molecular weight excluding hydrogens is 238 g/mol. The fraction of sp³-hybridized carbons (Fsp3) is 0.625. The van der Waals surface area contributed by atoms with E-state index < -0.39 is 0 Å².